The summed E-state index contributed by atoms with van der Waals surface area (Å²) in [6.07, 6.45) is 0. The molecule has 0 unspecified atom stereocenters. The van der Waals surface area contributed by atoms with Gasteiger partial charge in [-0.1, -0.05) is 35.3 Å². The number of anilines is 1. The zero-order valence-corrected chi connectivity index (χ0v) is 19.4. The van der Waals surface area contributed by atoms with Crippen LogP contribution in [0.5, 0.6) is 0 Å². The number of hydrogen-bond acceptors (Lipinski definition) is 4. The van der Waals surface area contributed by atoms with Gasteiger partial charge < -0.3 is 15.0 Å². The second-order valence-corrected chi connectivity index (χ2v) is 8.11. The molecule has 8 heteroatoms. The number of amides is 2. The molecule has 0 atom stereocenters. The van der Waals surface area contributed by atoms with Gasteiger partial charge in [-0.05, 0) is 51.1 Å². The maximum Gasteiger partial charge on any atom is 0.303 e. The molecular formula is C22H26Cl2N2O4. The van der Waals surface area contributed by atoms with E-state index in [0.717, 1.165) is 0 Å². The van der Waals surface area contributed by atoms with E-state index in [-0.39, 0.29) is 39.0 Å². The van der Waals surface area contributed by atoms with Gasteiger partial charge in [0.05, 0.1) is 15.6 Å². The highest BCUT2D eigenvalue weighted by atomic mass is 35.5. The molecule has 2 aromatic rings. The van der Waals surface area contributed by atoms with Crippen LogP contribution in [0.15, 0.2) is 42.5 Å². The van der Waals surface area contributed by atoms with Crippen molar-refractivity contribution in [2.45, 2.75) is 33.3 Å². The number of carbonyl (C=O) groups is 3. The summed E-state index contributed by atoms with van der Waals surface area (Å²) in [4.78, 5) is 35.9. The van der Waals surface area contributed by atoms with Crippen LogP contribution < -0.4 is 10.2 Å². The molecule has 30 heavy (non-hydrogen) atoms. The van der Waals surface area contributed by atoms with Gasteiger partial charge in [-0.2, -0.15) is 0 Å². The van der Waals surface area contributed by atoms with Gasteiger partial charge in [-0.15, -0.1) is 0 Å². The lowest BCUT2D eigenvalue weighted by Crippen LogP contribution is -2.27. The Morgan fingerprint density at radius 3 is 1.97 bits per heavy atom. The average Bonchev–Trinajstić information content (AvgIpc) is 2.65. The molecule has 162 valence electrons. The monoisotopic (exact) mass is 452 g/mol. The van der Waals surface area contributed by atoms with Gasteiger partial charge in [-0.25, -0.2) is 0 Å². The standard InChI is InChI=1S/C16H14Cl2N2O2.C6H12O2/c1-19-15(21)10-5-3-6-11(9-10)20(2)16(22)14-12(17)7-4-8-13(14)18;1-5(7)8-6(2,3)4/h3-9H,1-2H3,(H,19,21);1-4H3. The maximum atomic E-state index is 12.6. The van der Waals surface area contributed by atoms with E-state index in [0.29, 0.717) is 11.3 Å². The van der Waals surface area contributed by atoms with E-state index < -0.39 is 0 Å². The van der Waals surface area contributed by atoms with Crippen LogP contribution in [-0.2, 0) is 9.53 Å². The predicted molar refractivity (Wildman–Crippen MR) is 121 cm³/mol. The Hall–Kier alpha value is -2.57. The van der Waals surface area contributed by atoms with Crippen LogP contribution in [0.25, 0.3) is 0 Å². The Bertz CT molecular complexity index is 903. The van der Waals surface area contributed by atoms with E-state index in [1.165, 1.54) is 11.8 Å². The zero-order valence-electron chi connectivity index (χ0n) is 17.9. The molecule has 0 bridgehead atoms. The third-order valence-electron chi connectivity index (χ3n) is 3.65. The molecule has 1 N–H and O–H groups in total. The van der Waals surface area contributed by atoms with E-state index in [1.54, 1.807) is 56.6 Å². The van der Waals surface area contributed by atoms with Gasteiger partial charge in [0, 0.05) is 32.3 Å². The number of rotatable bonds is 3. The van der Waals surface area contributed by atoms with Crippen LogP contribution in [0.2, 0.25) is 10.0 Å². The third kappa shape index (κ3) is 7.69. The molecule has 0 aliphatic carbocycles. The van der Waals surface area contributed by atoms with E-state index in [2.05, 4.69) is 5.32 Å². The molecule has 0 aliphatic rings. The quantitative estimate of drug-likeness (QED) is 0.666. The number of esters is 1. The normalized spacial score (nSPS) is 10.4. The first kappa shape index (κ1) is 25.5. The van der Waals surface area contributed by atoms with Crippen LogP contribution in [0, 0.1) is 0 Å². The molecule has 0 heterocycles. The third-order valence-corrected chi connectivity index (χ3v) is 4.28. The number of nitrogens with zero attached hydrogens (tertiary/aromatic N) is 1. The first-order valence-electron chi connectivity index (χ1n) is 9.11. The van der Waals surface area contributed by atoms with Crippen LogP contribution >= 0.6 is 23.2 Å². The van der Waals surface area contributed by atoms with Gasteiger partial charge in [-0.3, -0.25) is 14.4 Å². The smallest absolute Gasteiger partial charge is 0.303 e. The molecular weight excluding hydrogens is 427 g/mol. The highest BCUT2D eigenvalue weighted by Gasteiger charge is 2.20. The van der Waals surface area contributed by atoms with Crippen molar-refractivity contribution in [3.63, 3.8) is 0 Å². The molecule has 0 aromatic heterocycles. The Morgan fingerprint density at radius 2 is 1.53 bits per heavy atom. The highest BCUT2D eigenvalue weighted by Crippen LogP contribution is 2.27. The molecule has 6 nitrogen and oxygen atoms in total. The van der Waals surface area contributed by atoms with Crippen molar-refractivity contribution in [1.82, 2.24) is 5.32 Å². The van der Waals surface area contributed by atoms with Crippen LogP contribution in [0.1, 0.15) is 48.4 Å². The Balaban J connectivity index is 0.000000479. The van der Waals surface area contributed by atoms with Crippen molar-refractivity contribution in [2.24, 2.45) is 0 Å². The summed E-state index contributed by atoms with van der Waals surface area (Å²) in [5.74, 6) is -0.791. The zero-order chi connectivity index (χ0) is 23.1. The molecule has 2 aromatic carbocycles. The van der Waals surface area contributed by atoms with E-state index >= 15 is 0 Å². The lowest BCUT2D eigenvalue weighted by molar-refractivity contribution is -0.151. The van der Waals surface area contributed by atoms with Gasteiger partial charge in [0.2, 0.25) is 0 Å². The number of nitrogens with one attached hydrogen (secondary N) is 1. The lowest BCUT2D eigenvalue weighted by Gasteiger charge is -2.19. The van der Waals surface area contributed by atoms with Gasteiger partial charge in [0.25, 0.3) is 11.8 Å². The Labute approximate surface area is 187 Å². The van der Waals surface area contributed by atoms with E-state index in [1.807, 2.05) is 20.8 Å². The maximum absolute atomic E-state index is 12.6. The summed E-state index contributed by atoms with van der Waals surface area (Å²) in [6.45, 7) is 6.93. The molecule has 0 radical (unpaired) electrons. The van der Waals surface area contributed by atoms with Crippen molar-refractivity contribution >= 4 is 46.7 Å². The van der Waals surface area contributed by atoms with Crippen molar-refractivity contribution in [3.8, 4) is 0 Å². The van der Waals surface area contributed by atoms with Gasteiger partial charge in [0.1, 0.15) is 5.60 Å². The highest BCUT2D eigenvalue weighted by molar-refractivity contribution is 6.40. The van der Waals surface area contributed by atoms with Crippen molar-refractivity contribution in [1.29, 1.82) is 0 Å². The minimum Gasteiger partial charge on any atom is -0.460 e. The molecule has 0 saturated carbocycles. The summed E-state index contributed by atoms with van der Waals surface area (Å²) in [5.41, 5.74) is 0.942. The van der Waals surface area contributed by atoms with Crippen LogP contribution in [0.4, 0.5) is 5.69 Å². The molecule has 0 aliphatic heterocycles. The lowest BCUT2D eigenvalue weighted by atomic mass is 10.1. The number of ether oxygens (including phenoxy) is 1. The van der Waals surface area contributed by atoms with Crippen LogP contribution in [-0.4, -0.2) is 37.5 Å². The average molecular weight is 453 g/mol. The molecule has 0 spiro atoms. The first-order valence-corrected chi connectivity index (χ1v) is 9.86. The fourth-order valence-corrected chi connectivity index (χ4v) is 2.98. The minimum absolute atomic E-state index is 0.224. The fourth-order valence-electron chi connectivity index (χ4n) is 2.42. The van der Waals surface area contributed by atoms with Gasteiger partial charge >= 0.3 is 5.97 Å². The molecule has 2 amide bonds. The summed E-state index contributed by atoms with van der Waals surface area (Å²) in [7, 11) is 3.15. The SMILES string of the molecule is CC(=O)OC(C)(C)C.CNC(=O)c1cccc(N(C)C(=O)c2c(Cl)cccc2Cl)c1. The van der Waals surface area contributed by atoms with Crippen molar-refractivity contribution < 1.29 is 19.1 Å². The first-order chi connectivity index (χ1) is 13.9. The number of halogens is 2. The van der Waals surface area contributed by atoms with E-state index in [9.17, 15) is 14.4 Å². The summed E-state index contributed by atoms with van der Waals surface area (Å²) in [6, 6.07) is 11.6. The minimum atomic E-state index is -0.343. The van der Waals surface area contributed by atoms with Crippen molar-refractivity contribution in [3.05, 3.63) is 63.6 Å². The Morgan fingerprint density at radius 1 is 1.00 bits per heavy atom. The summed E-state index contributed by atoms with van der Waals surface area (Å²) >= 11 is 12.1. The molecule has 0 saturated heterocycles. The molecule has 0 fully saturated rings. The summed E-state index contributed by atoms with van der Waals surface area (Å²) < 4.78 is 4.80. The Kier molecular flexibility index (Phi) is 9.33. The topological polar surface area (TPSA) is 75.7 Å². The van der Waals surface area contributed by atoms with Crippen molar-refractivity contribution in [2.75, 3.05) is 19.0 Å². The molecule has 2 rings (SSSR count). The predicted octanol–water partition coefficient (Wildman–Crippen LogP) is 4.98. The second kappa shape index (κ2) is 11.0. The number of carbonyl (C=O) groups excluding carboxylic acids is 3. The second-order valence-electron chi connectivity index (χ2n) is 7.30. The van der Waals surface area contributed by atoms with Crippen LogP contribution in [0.3, 0.4) is 0 Å². The number of hydrogen-bond donors (Lipinski definition) is 1. The van der Waals surface area contributed by atoms with E-state index in [4.69, 9.17) is 27.9 Å². The number of benzene rings is 2. The van der Waals surface area contributed by atoms with Gasteiger partial charge in [0.15, 0.2) is 0 Å². The fraction of sp³-hybridized carbons (Fsp3) is 0.318. The largest absolute Gasteiger partial charge is 0.460 e. The summed E-state index contributed by atoms with van der Waals surface area (Å²) in [5, 5.41) is 3.11.